The first-order valence-corrected chi connectivity index (χ1v) is 23.9. The van der Waals surface area contributed by atoms with E-state index >= 15 is 0 Å². The molecule has 4 amide bonds. The number of hydrogen-bond acceptors (Lipinski definition) is 11. The zero-order chi connectivity index (χ0) is 48.5. The first-order chi connectivity index (χ1) is 30.9. The van der Waals surface area contributed by atoms with E-state index in [0.717, 1.165) is 33.8 Å². The van der Waals surface area contributed by atoms with Crippen molar-refractivity contribution in [3.8, 4) is 56.8 Å². The van der Waals surface area contributed by atoms with Crippen molar-refractivity contribution in [2.75, 3.05) is 20.0 Å². The number of halogens is 1. The van der Waals surface area contributed by atoms with Gasteiger partial charge in [-0.05, 0) is 149 Å². The SMILES string of the molecule is C.COc1ccc(-c2cccc(Oc3ccc(Br)cc3S(=O)(=O)NC(=O)NC(C)(C)C)c2)cc1.COc1ccc(-c2cccc(Oc3ccc(N)cc3S(=O)(=O)NC(=O)NC(C)(C)C)c2)cc1. The van der Waals surface area contributed by atoms with Crippen LogP contribution in [0.1, 0.15) is 49.0 Å². The van der Waals surface area contributed by atoms with Gasteiger partial charge in [0.05, 0.1) is 14.2 Å². The highest BCUT2D eigenvalue weighted by atomic mass is 79.9. The minimum Gasteiger partial charge on any atom is -0.497 e. The van der Waals surface area contributed by atoms with Crippen molar-refractivity contribution in [2.24, 2.45) is 0 Å². The number of nitrogens with two attached hydrogens (primary N) is 1. The van der Waals surface area contributed by atoms with Gasteiger partial charge in [-0.15, -0.1) is 0 Å². The Morgan fingerprint density at radius 2 is 0.896 bits per heavy atom. The minimum absolute atomic E-state index is 0. The van der Waals surface area contributed by atoms with E-state index < -0.39 is 43.2 Å². The lowest BCUT2D eigenvalue weighted by Gasteiger charge is -2.21. The number of sulfonamides is 2. The number of nitrogens with one attached hydrogen (secondary N) is 4. The average Bonchev–Trinajstić information content (AvgIpc) is 3.23. The number of nitrogen functional groups attached to an aromatic ring is 1. The van der Waals surface area contributed by atoms with Gasteiger partial charge in [0.25, 0.3) is 20.0 Å². The monoisotopic (exact) mass is 1020 g/mol. The molecule has 15 nitrogen and oxygen atoms in total. The van der Waals surface area contributed by atoms with E-state index in [1.165, 1.54) is 30.3 Å². The molecule has 0 spiro atoms. The molecule has 6 aromatic rings. The third-order valence-corrected chi connectivity index (χ3v) is 12.1. The number of carbonyl (C=O) groups is 2. The zero-order valence-electron chi connectivity index (χ0n) is 37.6. The lowest BCUT2D eigenvalue weighted by atomic mass is 10.1. The average molecular weight is 1020 g/mol. The van der Waals surface area contributed by atoms with Crippen molar-refractivity contribution in [3.63, 3.8) is 0 Å². The van der Waals surface area contributed by atoms with Crippen molar-refractivity contribution in [1.82, 2.24) is 20.1 Å². The Labute approximate surface area is 401 Å². The molecule has 6 rings (SSSR count). The Bertz CT molecular complexity index is 2700. The standard InChI is InChI=1S/C24H25BrN2O5S.C24H27N3O5S.CH4/c2*1-24(2,3)26-23(28)27-33(29,30)22-15-18(25)10-13-21(22)32-20-7-5-6-17(14-20)16-8-11-19(31-4)12-9-16;/h5-15H,1-4H3,(H2,26,27,28);5-15H,25H2,1-4H3,(H2,26,27,28);1H4. The summed E-state index contributed by atoms with van der Waals surface area (Å²) >= 11 is 3.28. The molecule has 0 saturated heterocycles. The van der Waals surface area contributed by atoms with Crippen LogP contribution < -0.4 is 44.8 Å². The molecule has 6 N–H and O–H groups in total. The molecular formula is C49H56BrN5O10S2. The molecule has 0 atom stereocenters. The topological polar surface area (TPSA) is 213 Å². The van der Waals surface area contributed by atoms with Crippen LogP contribution in [0.3, 0.4) is 0 Å². The fourth-order valence-corrected chi connectivity index (χ4v) is 8.63. The summed E-state index contributed by atoms with van der Waals surface area (Å²) in [6.07, 6.45) is 0. The number of anilines is 1. The maximum atomic E-state index is 13.0. The van der Waals surface area contributed by atoms with Gasteiger partial charge < -0.3 is 35.3 Å². The molecule has 0 radical (unpaired) electrons. The van der Waals surface area contributed by atoms with Crippen LogP contribution >= 0.6 is 15.9 Å². The Morgan fingerprint density at radius 3 is 1.28 bits per heavy atom. The van der Waals surface area contributed by atoms with Gasteiger partial charge in [-0.25, -0.2) is 35.9 Å². The van der Waals surface area contributed by atoms with Crippen LogP contribution in [0, 0.1) is 0 Å². The van der Waals surface area contributed by atoms with Gasteiger partial charge >= 0.3 is 12.1 Å². The fraction of sp³-hybridized carbons (Fsp3) is 0.224. The predicted octanol–water partition coefficient (Wildman–Crippen LogP) is 10.9. The molecule has 0 aliphatic carbocycles. The van der Waals surface area contributed by atoms with Crippen LogP contribution in [-0.4, -0.2) is 54.2 Å². The lowest BCUT2D eigenvalue weighted by molar-refractivity contribution is 0.236. The van der Waals surface area contributed by atoms with E-state index in [2.05, 4.69) is 26.6 Å². The second-order valence-corrected chi connectivity index (χ2v) is 20.9. The molecule has 18 heteroatoms. The van der Waals surface area contributed by atoms with E-state index in [1.807, 2.05) is 76.2 Å². The number of benzene rings is 6. The number of ether oxygens (including phenoxy) is 4. The Kier molecular flexibility index (Phi) is 17.5. The molecule has 0 unspecified atom stereocenters. The largest absolute Gasteiger partial charge is 0.497 e. The summed E-state index contributed by atoms with van der Waals surface area (Å²) in [5, 5.41) is 5.12. The predicted molar refractivity (Wildman–Crippen MR) is 266 cm³/mol. The van der Waals surface area contributed by atoms with E-state index in [-0.39, 0.29) is 34.4 Å². The number of amides is 4. The summed E-state index contributed by atoms with van der Waals surface area (Å²) < 4.78 is 78.6. The minimum atomic E-state index is -4.26. The van der Waals surface area contributed by atoms with E-state index in [0.29, 0.717) is 16.0 Å². The summed E-state index contributed by atoms with van der Waals surface area (Å²) in [6, 6.07) is 36.7. The molecule has 0 saturated carbocycles. The van der Waals surface area contributed by atoms with Crippen molar-refractivity contribution in [3.05, 3.63) is 138 Å². The van der Waals surface area contributed by atoms with Crippen LogP contribution in [0.15, 0.2) is 148 Å². The number of hydrogen-bond donors (Lipinski definition) is 5. The number of carbonyl (C=O) groups excluding carboxylic acids is 2. The first-order valence-electron chi connectivity index (χ1n) is 20.2. The van der Waals surface area contributed by atoms with Crippen molar-refractivity contribution in [2.45, 2.75) is 69.8 Å². The summed E-state index contributed by atoms with van der Waals surface area (Å²) in [4.78, 5) is 23.9. The van der Waals surface area contributed by atoms with Gasteiger partial charge in [-0.1, -0.05) is 71.9 Å². The number of rotatable bonds is 12. The lowest BCUT2D eigenvalue weighted by Crippen LogP contribution is -2.48. The smallest absolute Gasteiger partial charge is 0.329 e. The van der Waals surface area contributed by atoms with Gasteiger partial charge in [-0.2, -0.15) is 0 Å². The number of methoxy groups -OCH3 is 2. The van der Waals surface area contributed by atoms with Crippen LogP contribution in [0.4, 0.5) is 15.3 Å². The van der Waals surface area contributed by atoms with E-state index in [4.69, 9.17) is 24.7 Å². The highest BCUT2D eigenvalue weighted by Gasteiger charge is 2.27. The zero-order valence-corrected chi connectivity index (χ0v) is 40.8. The van der Waals surface area contributed by atoms with Crippen molar-refractivity contribution >= 4 is 53.7 Å². The summed E-state index contributed by atoms with van der Waals surface area (Å²) in [5.41, 5.74) is 8.46. The molecule has 0 aliphatic rings. The Hall–Kier alpha value is -6.76. The van der Waals surface area contributed by atoms with Gasteiger partial charge in [0.15, 0.2) is 0 Å². The highest BCUT2D eigenvalue weighted by Crippen LogP contribution is 2.35. The summed E-state index contributed by atoms with van der Waals surface area (Å²) in [7, 11) is -5.26. The molecule has 0 fully saturated rings. The van der Waals surface area contributed by atoms with Crippen LogP contribution in [-0.2, 0) is 20.0 Å². The molecule has 0 aliphatic heterocycles. The fourth-order valence-electron chi connectivity index (χ4n) is 5.98. The number of urea groups is 2. The summed E-state index contributed by atoms with van der Waals surface area (Å²) in [6.45, 7) is 10.5. The summed E-state index contributed by atoms with van der Waals surface area (Å²) in [5.74, 6) is 2.47. The second-order valence-electron chi connectivity index (χ2n) is 16.6. The van der Waals surface area contributed by atoms with Crippen molar-refractivity contribution < 1.29 is 45.4 Å². The first kappa shape index (κ1) is 52.9. The molecule has 0 bridgehead atoms. The van der Waals surface area contributed by atoms with Gasteiger partial charge in [0.1, 0.15) is 44.3 Å². The third-order valence-electron chi connectivity index (χ3n) is 8.85. The molecule has 0 aromatic heterocycles. The van der Waals surface area contributed by atoms with Crippen molar-refractivity contribution in [1.29, 1.82) is 0 Å². The molecule has 6 aromatic carbocycles. The maximum absolute atomic E-state index is 13.0. The van der Waals surface area contributed by atoms with E-state index in [9.17, 15) is 26.4 Å². The Morgan fingerprint density at radius 1 is 0.507 bits per heavy atom. The molecule has 356 valence electrons. The molecular weight excluding hydrogens is 963 g/mol. The van der Waals surface area contributed by atoms with Gasteiger partial charge in [-0.3, -0.25) is 0 Å². The van der Waals surface area contributed by atoms with Crippen LogP contribution in [0.5, 0.6) is 34.5 Å². The normalized spacial score (nSPS) is 11.4. The van der Waals surface area contributed by atoms with Crippen LogP contribution in [0.2, 0.25) is 0 Å². The van der Waals surface area contributed by atoms with Gasteiger partial charge in [0, 0.05) is 21.2 Å². The second kappa shape index (κ2) is 22.2. The highest BCUT2D eigenvalue weighted by molar-refractivity contribution is 9.10. The Balaban J connectivity index is 0.000000288. The molecule has 0 heterocycles. The van der Waals surface area contributed by atoms with Gasteiger partial charge in [0.2, 0.25) is 0 Å². The molecule has 67 heavy (non-hydrogen) atoms. The van der Waals surface area contributed by atoms with Crippen LogP contribution in [0.25, 0.3) is 22.3 Å². The van der Waals surface area contributed by atoms with E-state index in [1.54, 1.807) is 92.2 Å². The quantitative estimate of drug-likeness (QED) is 0.0727. The maximum Gasteiger partial charge on any atom is 0.329 e. The third kappa shape index (κ3) is 15.7.